The molecule has 0 spiro atoms. The summed E-state index contributed by atoms with van der Waals surface area (Å²) in [5.41, 5.74) is -0.722. The van der Waals surface area contributed by atoms with Crippen molar-refractivity contribution in [1.29, 1.82) is 0 Å². The molecule has 0 aromatic rings. The molecular weight excluding hydrogens is 256 g/mol. The maximum Gasteiger partial charge on any atom is 0.249 e. The Morgan fingerprint density at radius 1 is 1.30 bits per heavy atom. The first-order valence-corrected chi connectivity index (χ1v) is 7.75. The molecule has 1 atom stereocenters. The minimum atomic E-state index is -0.722. The predicted molar refractivity (Wildman–Crippen MR) is 76.2 cm³/mol. The molecule has 1 N–H and O–H groups in total. The minimum absolute atomic E-state index is 0.0321. The first kappa shape index (κ1) is 15.3. The highest BCUT2D eigenvalue weighted by molar-refractivity contribution is 5.99. The Kier molecular flexibility index (Phi) is 4.68. The first-order valence-electron chi connectivity index (χ1n) is 7.75. The van der Waals surface area contributed by atoms with Crippen molar-refractivity contribution in [2.24, 2.45) is 5.92 Å². The van der Waals surface area contributed by atoms with Crippen LogP contribution >= 0.6 is 0 Å². The van der Waals surface area contributed by atoms with Crippen LogP contribution in [0.25, 0.3) is 0 Å². The summed E-state index contributed by atoms with van der Waals surface area (Å²) in [7, 11) is 0. The second kappa shape index (κ2) is 6.12. The van der Waals surface area contributed by atoms with Crippen LogP contribution in [-0.4, -0.2) is 48.1 Å². The molecule has 0 aromatic carbocycles. The number of hydrogen-bond acceptors (Lipinski definition) is 3. The molecule has 5 heteroatoms. The Labute approximate surface area is 121 Å². The average Bonchev–Trinajstić information content (AvgIpc) is 3.26. The van der Waals surface area contributed by atoms with E-state index in [0.717, 1.165) is 12.5 Å². The van der Waals surface area contributed by atoms with Crippen LogP contribution in [0.5, 0.6) is 0 Å². The Balaban J connectivity index is 1.95. The Hall–Kier alpha value is -1.10. The van der Waals surface area contributed by atoms with Crippen molar-refractivity contribution in [2.75, 3.05) is 19.8 Å². The quantitative estimate of drug-likeness (QED) is 0.716. The first-order chi connectivity index (χ1) is 9.54. The normalized spacial score (nSPS) is 25.8. The maximum atomic E-state index is 12.7. The smallest absolute Gasteiger partial charge is 0.249 e. The largest absolute Gasteiger partial charge is 0.379 e. The molecule has 2 amide bonds. The average molecular weight is 282 g/mol. The van der Waals surface area contributed by atoms with Gasteiger partial charge in [-0.05, 0) is 38.5 Å². The van der Waals surface area contributed by atoms with Crippen LogP contribution in [0.3, 0.4) is 0 Å². The molecule has 20 heavy (non-hydrogen) atoms. The van der Waals surface area contributed by atoms with Crippen molar-refractivity contribution >= 4 is 11.8 Å². The minimum Gasteiger partial charge on any atom is -0.379 e. The van der Waals surface area contributed by atoms with E-state index in [9.17, 15) is 9.59 Å². The van der Waals surface area contributed by atoms with Crippen LogP contribution in [0.4, 0.5) is 0 Å². The van der Waals surface area contributed by atoms with E-state index in [-0.39, 0.29) is 11.8 Å². The zero-order chi connectivity index (χ0) is 14.8. The Bertz CT molecular complexity index is 375. The molecule has 0 aromatic heterocycles. The van der Waals surface area contributed by atoms with Crippen LogP contribution in [0.2, 0.25) is 0 Å². The predicted octanol–water partition coefficient (Wildman–Crippen LogP) is 1.32. The van der Waals surface area contributed by atoms with Gasteiger partial charge in [-0.1, -0.05) is 13.8 Å². The summed E-state index contributed by atoms with van der Waals surface area (Å²) in [4.78, 5) is 26.4. The molecule has 2 aliphatic rings. The highest BCUT2D eigenvalue weighted by atomic mass is 16.5. The molecule has 1 saturated heterocycles. The highest BCUT2D eigenvalue weighted by Gasteiger charge is 2.47. The number of nitrogens with one attached hydrogen (secondary N) is 1. The zero-order valence-corrected chi connectivity index (χ0v) is 12.8. The summed E-state index contributed by atoms with van der Waals surface area (Å²) in [6, 6.07) is -0.404. The molecule has 0 radical (unpaired) electrons. The molecule has 5 nitrogen and oxygen atoms in total. The number of ether oxygens (including phenoxy) is 1. The lowest BCUT2D eigenvalue weighted by molar-refractivity contribution is -0.155. The van der Waals surface area contributed by atoms with Crippen molar-refractivity contribution in [3.63, 3.8) is 0 Å². The number of carbonyl (C=O) groups excluding carboxylic acids is 2. The number of piperazine rings is 1. The van der Waals surface area contributed by atoms with Gasteiger partial charge in [-0.2, -0.15) is 0 Å². The second-order valence-corrected chi connectivity index (χ2v) is 5.97. The monoisotopic (exact) mass is 282 g/mol. The fourth-order valence-electron chi connectivity index (χ4n) is 2.71. The Morgan fingerprint density at radius 3 is 2.50 bits per heavy atom. The third-order valence-corrected chi connectivity index (χ3v) is 4.61. The molecule has 1 aliphatic carbocycles. The van der Waals surface area contributed by atoms with Crippen LogP contribution in [-0.2, 0) is 14.3 Å². The molecule has 1 heterocycles. The summed E-state index contributed by atoms with van der Waals surface area (Å²) in [5.74, 6) is 0.693. The number of rotatable bonds is 7. The second-order valence-electron chi connectivity index (χ2n) is 5.97. The number of carbonyl (C=O) groups is 2. The lowest BCUT2D eigenvalue weighted by atomic mass is 9.87. The van der Waals surface area contributed by atoms with Crippen molar-refractivity contribution in [2.45, 2.75) is 58.0 Å². The van der Waals surface area contributed by atoms with Crippen LogP contribution in [0.1, 0.15) is 46.5 Å². The topological polar surface area (TPSA) is 58.6 Å². The zero-order valence-electron chi connectivity index (χ0n) is 12.8. The summed E-state index contributed by atoms with van der Waals surface area (Å²) in [6.45, 7) is 7.48. The van der Waals surface area contributed by atoms with E-state index in [1.807, 2.05) is 13.8 Å². The van der Waals surface area contributed by atoms with Gasteiger partial charge < -0.3 is 15.0 Å². The van der Waals surface area contributed by atoms with Gasteiger partial charge in [-0.3, -0.25) is 9.59 Å². The third kappa shape index (κ3) is 2.97. The number of hydrogen-bond donors (Lipinski definition) is 1. The van der Waals surface area contributed by atoms with Gasteiger partial charge in [0.2, 0.25) is 11.8 Å². The van der Waals surface area contributed by atoms with Crippen LogP contribution in [0, 0.1) is 5.92 Å². The lowest BCUT2D eigenvalue weighted by Gasteiger charge is -2.44. The Morgan fingerprint density at radius 2 is 1.95 bits per heavy atom. The summed E-state index contributed by atoms with van der Waals surface area (Å²) in [5, 5.41) is 2.91. The highest BCUT2D eigenvalue weighted by Crippen LogP contribution is 2.29. The molecule has 2 fully saturated rings. The van der Waals surface area contributed by atoms with E-state index < -0.39 is 11.6 Å². The number of nitrogens with zero attached hydrogens (tertiary/aromatic N) is 1. The van der Waals surface area contributed by atoms with E-state index in [4.69, 9.17) is 4.74 Å². The summed E-state index contributed by atoms with van der Waals surface area (Å²) < 4.78 is 5.60. The summed E-state index contributed by atoms with van der Waals surface area (Å²) in [6.07, 6.45) is 3.77. The van der Waals surface area contributed by atoms with Gasteiger partial charge in [0.15, 0.2) is 0 Å². The van der Waals surface area contributed by atoms with E-state index in [1.54, 1.807) is 11.8 Å². The third-order valence-electron chi connectivity index (χ3n) is 4.61. The van der Waals surface area contributed by atoms with Gasteiger partial charge in [0, 0.05) is 13.2 Å². The van der Waals surface area contributed by atoms with Gasteiger partial charge >= 0.3 is 0 Å². The fraction of sp³-hybridized carbons (Fsp3) is 0.867. The van der Waals surface area contributed by atoms with Gasteiger partial charge in [0.05, 0.1) is 6.61 Å². The van der Waals surface area contributed by atoms with Crippen LogP contribution < -0.4 is 5.32 Å². The van der Waals surface area contributed by atoms with Gasteiger partial charge in [-0.25, -0.2) is 0 Å². The van der Waals surface area contributed by atoms with Crippen molar-refractivity contribution < 1.29 is 14.3 Å². The van der Waals surface area contributed by atoms with Gasteiger partial charge in [0.25, 0.3) is 0 Å². The SMILES string of the molecule is CCC1(CC)NC(=O)C(C)N(CCOCC2CC2)C1=O. The van der Waals surface area contributed by atoms with E-state index in [2.05, 4.69) is 5.32 Å². The molecule has 1 unspecified atom stereocenters. The van der Waals surface area contributed by atoms with Crippen molar-refractivity contribution in [3.8, 4) is 0 Å². The molecule has 114 valence electrons. The molecule has 1 aliphatic heterocycles. The van der Waals surface area contributed by atoms with Gasteiger partial charge in [0.1, 0.15) is 11.6 Å². The van der Waals surface area contributed by atoms with Gasteiger partial charge in [-0.15, -0.1) is 0 Å². The lowest BCUT2D eigenvalue weighted by Crippen LogP contribution is -2.69. The number of amides is 2. The standard InChI is InChI=1S/C15H26N2O3/c1-4-15(5-2)14(19)17(11(3)13(18)16-15)8-9-20-10-12-6-7-12/h11-12H,4-10H2,1-3H3,(H,16,18). The van der Waals surface area contributed by atoms with Crippen LogP contribution in [0.15, 0.2) is 0 Å². The molecule has 2 rings (SSSR count). The molecular formula is C15H26N2O3. The van der Waals surface area contributed by atoms with Crippen molar-refractivity contribution in [1.82, 2.24) is 10.2 Å². The molecule has 1 saturated carbocycles. The summed E-state index contributed by atoms with van der Waals surface area (Å²) >= 11 is 0. The van der Waals surface area contributed by atoms with E-state index >= 15 is 0 Å². The maximum absolute atomic E-state index is 12.7. The molecule has 0 bridgehead atoms. The van der Waals surface area contributed by atoms with E-state index in [1.165, 1.54) is 12.8 Å². The fourth-order valence-corrected chi connectivity index (χ4v) is 2.71. The van der Waals surface area contributed by atoms with Crippen molar-refractivity contribution in [3.05, 3.63) is 0 Å². The van der Waals surface area contributed by atoms with E-state index in [0.29, 0.717) is 26.0 Å².